The summed E-state index contributed by atoms with van der Waals surface area (Å²) < 4.78 is 1.73. The van der Waals surface area contributed by atoms with Gasteiger partial charge in [0.05, 0.1) is 6.07 Å². The van der Waals surface area contributed by atoms with E-state index in [1.54, 1.807) is 11.6 Å². The molecule has 4 rings (SSSR count). The van der Waals surface area contributed by atoms with E-state index in [4.69, 9.17) is 0 Å². The van der Waals surface area contributed by atoms with E-state index in [0.29, 0.717) is 17.2 Å². The lowest BCUT2D eigenvalue weighted by atomic mass is 9.95. The van der Waals surface area contributed by atoms with Crippen molar-refractivity contribution in [2.24, 2.45) is 7.05 Å². The Kier molecular flexibility index (Phi) is 4.10. The number of fused-ring (bicyclic) bond motifs is 1. The number of carbonyl (C=O) groups is 1. The van der Waals surface area contributed by atoms with Crippen LogP contribution in [0.15, 0.2) is 48.5 Å². The maximum Gasteiger partial charge on any atom is 0.187 e. The first kappa shape index (κ1) is 16.2. The monoisotopic (exact) mass is 342 g/mol. The molecule has 0 saturated carbocycles. The summed E-state index contributed by atoms with van der Waals surface area (Å²) in [5, 5.41) is 18.0. The van der Waals surface area contributed by atoms with E-state index >= 15 is 0 Å². The molecule has 26 heavy (non-hydrogen) atoms. The number of Topliss-reactive ketones (excluding diaryl/α,β-unsaturated/α-hetero) is 1. The van der Waals surface area contributed by atoms with Crippen molar-refractivity contribution in [2.45, 2.75) is 25.2 Å². The van der Waals surface area contributed by atoms with E-state index in [9.17, 15) is 10.1 Å². The summed E-state index contributed by atoms with van der Waals surface area (Å²) in [7, 11) is 1.79. The molecule has 0 amide bonds. The van der Waals surface area contributed by atoms with Gasteiger partial charge in [-0.25, -0.2) is 0 Å². The Hall–Kier alpha value is -3.26. The van der Waals surface area contributed by atoms with Gasteiger partial charge in [-0.15, -0.1) is 10.2 Å². The molecule has 0 bridgehead atoms. The zero-order valence-corrected chi connectivity index (χ0v) is 14.5. The lowest BCUT2D eigenvalue weighted by Crippen LogP contribution is -2.16. The quantitative estimate of drug-likeness (QED) is 0.681. The summed E-state index contributed by atoms with van der Waals surface area (Å²) in [4.78, 5) is 13.0. The van der Waals surface area contributed by atoms with Gasteiger partial charge in [0.1, 0.15) is 0 Å². The SMILES string of the molecule is Cn1c(-c2ccccc2)nnc1C(C#N)C(=O)c1ccc2c(c1)CCC2. The molecule has 5 nitrogen and oxygen atoms in total. The average Bonchev–Trinajstić information content (AvgIpc) is 3.29. The summed E-state index contributed by atoms with van der Waals surface area (Å²) in [6.07, 6.45) is 3.18. The van der Waals surface area contributed by atoms with Gasteiger partial charge in [0.2, 0.25) is 0 Å². The van der Waals surface area contributed by atoms with Gasteiger partial charge in [0, 0.05) is 18.2 Å². The van der Waals surface area contributed by atoms with Crippen molar-refractivity contribution in [3.63, 3.8) is 0 Å². The topological polar surface area (TPSA) is 71.6 Å². The van der Waals surface area contributed by atoms with Crippen molar-refractivity contribution < 1.29 is 4.79 Å². The van der Waals surface area contributed by atoms with E-state index in [-0.39, 0.29) is 5.78 Å². The number of aryl methyl sites for hydroxylation is 2. The summed E-state index contributed by atoms with van der Waals surface area (Å²) >= 11 is 0. The van der Waals surface area contributed by atoms with E-state index in [0.717, 1.165) is 24.8 Å². The first-order valence-corrected chi connectivity index (χ1v) is 8.69. The highest BCUT2D eigenvalue weighted by molar-refractivity contribution is 6.02. The number of nitriles is 1. The van der Waals surface area contributed by atoms with Gasteiger partial charge in [-0.2, -0.15) is 5.26 Å². The molecular formula is C21H18N4O. The second kappa shape index (κ2) is 6.57. The molecule has 1 heterocycles. The second-order valence-corrected chi connectivity index (χ2v) is 6.57. The molecule has 1 unspecified atom stereocenters. The number of rotatable bonds is 4. The van der Waals surface area contributed by atoms with E-state index < -0.39 is 5.92 Å². The number of nitrogens with zero attached hydrogens (tertiary/aromatic N) is 4. The number of hydrogen-bond acceptors (Lipinski definition) is 4. The minimum absolute atomic E-state index is 0.225. The van der Waals surface area contributed by atoms with E-state index in [1.165, 1.54) is 11.1 Å². The van der Waals surface area contributed by atoms with Crippen LogP contribution < -0.4 is 0 Å². The highest BCUT2D eigenvalue weighted by atomic mass is 16.1. The molecule has 5 heteroatoms. The Balaban J connectivity index is 1.69. The molecule has 128 valence electrons. The fraction of sp³-hybridized carbons (Fsp3) is 0.238. The van der Waals surface area contributed by atoms with Crippen molar-refractivity contribution in [1.82, 2.24) is 14.8 Å². The highest BCUT2D eigenvalue weighted by Gasteiger charge is 2.28. The maximum absolute atomic E-state index is 13.0. The van der Waals surface area contributed by atoms with Crippen LogP contribution in [0.4, 0.5) is 0 Å². The van der Waals surface area contributed by atoms with Gasteiger partial charge in [0.25, 0.3) is 0 Å². The van der Waals surface area contributed by atoms with Gasteiger partial charge in [-0.05, 0) is 36.5 Å². The van der Waals surface area contributed by atoms with Crippen molar-refractivity contribution in [3.05, 3.63) is 71.0 Å². The molecule has 1 aliphatic rings. The minimum Gasteiger partial charge on any atom is -0.313 e. The van der Waals surface area contributed by atoms with Gasteiger partial charge in [0.15, 0.2) is 23.3 Å². The normalized spacial score (nSPS) is 13.8. The molecule has 3 aromatic rings. The Bertz CT molecular complexity index is 1010. The molecule has 0 fully saturated rings. The van der Waals surface area contributed by atoms with Crippen molar-refractivity contribution >= 4 is 5.78 Å². The molecule has 1 aliphatic carbocycles. The van der Waals surface area contributed by atoms with Gasteiger partial charge < -0.3 is 4.57 Å². The lowest BCUT2D eigenvalue weighted by Gasteiger charge is -2.10. The molecule has 0 N–H and O–H groups in total. The maximum atomic E-state index is 13.0. The average molecular weight is 342 g/mol. The molecular weight excluding hydrogens is 324 g/mol. The fourth-order valence-corrected chi connectivity index (χ4v) is 3.56. The first-order valence-electron chi connectivity index (χ1n) is 8.69. The molecule has 2 aromatic carbocycles. The Morgan fingerprint density at radius 1 is 1.12 bits per heavy atom. The van der Waals surface area contributed by atoms with Crippen LogP contribution in [0.3, 0.4) is 0 Å². The predicted molar refractivity (Wildman–Crippen MR) is 97.6 cm³/mol. The Morgan fingerprint density at radius 3 is 2.65 bits per heavy atom. The highest BCUT2D eigenvalue weighted by Crippen LogP contribution is 2.27. The molecule has 1 aromatic heterocycles. The molecule has 1 atom stereocenters. The van der Waals surface area contributed by atoms with Gasteiger partial charge >= 0.3 is 0 Å². The number of hydrogen-bond donors (Lipinski definition) is 0. The molecule has 0 spiro atoms. The lowest BCUT2D eigenvalue weighted by molar-refractivity contribution is 0.0975. The third kappa shape index (κ3) is 2.70. The van der Waals surface area contributed by atoms with Crippen molar-refractivity contribution in [3.8, 4) is 17.5 Å². The molecule has 0 radical (unpaired) electrons. The zero-order valence-electron chi connectivity index (χ0n) is 14.5. The van der Waals surface area contributed by atoms with Gasteiger partial charge in [-0.3, -0.25) is 4.79 Å². The van der Waals surface area contributed by atoms with E-state index in [2.05, 4.69) is 16.3 Å². The third-order valence-electron chi connectivity index (χ3n) is 4.97. The standard InChI is InChI=1S/C21H18N4O/c1-25-20(15-6-3-2-4-7-15)23-24-21(25)18(13-22)19(26)17-11-10-14-8-5-9-16(14)12-17/h2-4,6-7,10-12,18H,5,8-9H2,1H3. The summed E-state index contributed by atoms with van der Waals surface area (Å²) in [6.45, 7) is 0. The van der Waals surface area contributed by atoms with Crippen LogP contribution in [0.1, 0.15) is 39.6 Å². The minimum atomic E-state index is -0.968. The van der Waals surface area contributed by atoms with Crippen LogP contribution in [0.5, 0.6) is 0 Å². The summed E-state index contributed by atoms with van der Waals surface area (Å²) in [5.74, 6) is -0.179. The number of ketones is 1. The summed E-state index contributed by atoms with van der Waals surface area (Å²) in [6, 6.07) is 17.5. The predicted octanol–water partition coefficient (Wildman–Crippen LogP) is 3.46. The van der Waals surface area contributed by atoms with E-state index in [1.807, 2.05) is 48.5 Å². The Labute approximate surface area is 151 Å². The first-order chi connectivity index (χ1) is 12.7. The van der Waals surface area contributed by atoms with Crippen LogP contribution in [0.2, 0.25) is 0 Å². The Morgan fingerprint density at radius 2 is 1.88 bits per heavy atom. The van der Waals surface area contributed by atoms with Crippen LogP contribution in [0, 0.1) is 11.3 Å². The van der Waals surface area contributed by atoms with Gasteiger partial charge in [-0.1, -0.05) is 42.5 Å². The van der Waals surface area contributed by atoms with Crippen LogP contribution >= 0.6 is 0 Å². The molecule has 0 aliphatic heterocycles. The fourth-order valence-electron chi connectivity index (χ4n) is 3.56. The zero-order chi connectivity index (χ0) is 18.1. The number of aromatic nitrogens is 3. The van der Waals surface area contributed by atoms with Crippen LogP contribution in [-0.4, -0.2) is 20.5 Å². The third-order valence-corrected chi connectivity index (χ3v) is 4.97. The van der Waals surface area contributed by atoms with Crippen molar-refractivity contribution in [2.75, 3.05) is 0 Å². The van der Waals surface area contributed by atoms with Crippen LogP contribution in [0.25, 0.3) is 11.4 Å². The number of benzene rings is 2. The largest absolute Gasteiger partial charge is 0.313 e. The smallest absolute Gasteiger partial charge is 0.187 e. The second-order valence-electron chi connectivity index (χ2n) is 6.57. The summed E-state index contributed by atoms with van der Waals surface area (Å²) in [5.41, 5.74) is 3.99. The van der Waals surface area contributed by atoms with Crippen molar-refractivity contribution in [1.29, 1.82) is 5.26 Å². The molecule has 0 saturated heterocycles. The number of carbonyl (C=O) groups excluding carboxylic acids is 1. The van der Waals surface area contributed by atoms with Crippen LogP contribution in [-0.2, 0) is 19.9 Å².